The van der Waals surface area contributed by atoms with Gasteiger partial charge in [-0.05, 0) is 30.3 Å². The van der Waals surface area contributed by atoms with Crippen molar-refractivity contribution in [1.82, 2.24) is 10.4 Å². The van der Waals surface area contributed by atoms with Crippen LogP contribution in [0.5, 0.6) is 11.5 Å². The number of rotatable bonds is 8. The third kappa shape index (κ3) is 6.09. The summed E-state index contributed by atoms with van der Waals surface area (Å²) >= 11 is 11.7. The van der Waals surface area contributed by atoms with Gasteiger partial charge in [-0.3, -0.25) is 29.6 Å². The molecular weight excluding hydrogens is 489 g/mol. The van der Waals surface area contributed by atoms with E-state index in [0.717, 1.165) is 5.01 Å². The molecule has 0 saturated carbocycles. The molecule has 0 bridgehead atoms. The minimum atomic E-state index is -0.843. The van der Waals surface area contributed by atoms with E-state index in [2.05, 4.69) is 10.7 Å². The number of carbonyl (C=O) groups excluding carboxylic acids is 4. The Bertz CT molecular complexity index is 1130. The van der Waals surface area contributed by atoms with E-state index in [4.69, 9.17) is 37.4 Å². The van der Waals surface area contributed by atoms with Crippen molar-refractivity contribution in [3.8, 4) is 11.5 Å². The van der Waals surface area contributed by atoms with Crippen molar-refractivity contribution in [3.05, 3.63) is 52.0 Å². The number of halogens is 2. The summed E-state index contributed by atoms with van der Waals surface area (Å²) in [5.74, 6) is -2.32. The van der Waals surface area contributed by atoms with Gasteiger partial charge in [-0.2, -0.15) is 0 Å². The molecule has 1 aliphatic heterocycles. The van der Waals surface area contributed by atoms with Gasteiger partial charge in [-0.25, -0.2) is 0 Å². The molecule has 0 spiro atoms. The van der Waals surface area contributed by atoms with Crippen LogP contribution in [0.2, 0.25) is 10.0 Å². The number of hydrazine groups is 1. The predicted molar refractivity (Wildman–Crippen MR) is 123 cm³/mol. The minimum absolute atomic E-state index is 0.0986. The minimum Gasteiger partial charge on any atom is -0.497 e. The van der Waals surface area contributed by atoms with Crippen LogP contribution in [0.3, 0.4) is 0 Å². The van der Waals surface area contributed by atoms with Crippen molar-refractivity contribution in [2.24, 2.45) is 5.92 Å². The first-order valence-corrected chi connectivity index (χ1v) is 10.7. The molecule has 0 aliphatic carbocycles. The standard InChI is InChI=1S/C22H21Cl2N3O7/c1-32-14-4-6-17(18(9-14)33-2)25-19(28)11-34-22(31)13-8-20(29)27(10-13)26-21(30)12-3-5-15(23)16(24)7-12/h3-7,9,13H,8,10-11H2,1-2H3,(H,25,28)(H,26,30)/t13-/m0/s1. The van der Waals surface area contributed by atoms with Crippen molar-refractivity contribution >= 4 is 52.6 Å². The first-order chi connectivity index (χ1) is 16.2. The van der Waals surface area contributed by atoms with Gasteiger partial charge in [0, 0.05) is 18.1 Å². The molecule has 0 unspecified atom stereocenters. The number of hydrogen-bond donors (Lipinski definition) is 2. The van der Waals surface area contributed by atoms with E-state index in [1.54, 1.807) is 18.2 Å². The summed E-state index contributed by atoms with van der Waals surface area (Å²) in [6.07, 6.45) is -0.172. The van der Waals surface area contributed by atoms with E-state index in [0.29, 0.717) is 17.2 Å². The van der Waals surface area contributed by atoms with Crippen molar-refractivity contribution < 1.29 is 33.4 Å². The van der Waals surface area contributed by atoms with Gasteiger partial charge in [-0.1, -0.05) is 23.2 Å². The van der Waals surface area contributed by atoms with E-state index >= 15 is 0 Å². The maximum Gasteiger partial charge on any atom is 0.311 e. The normalized spacial score (nSPS) is 15.0. The van der Waals surface area contributed by atoms with Gasteiger partial charge in [-0.15, -0.1) is 0 Å². The average Bonchev–Trinajstić information content (AvgIpc) is 3.19. The van der Waals surface area contributed by atoms with Crippen molar-refractivity contribution in [1.29, 1.82) is 0 Å². The summed E-state index contributed by atoms with van der Waals surface area (Å²) in [5.41, 5.74) is 2.99. The molecule has 2 aromatic carbocycles. The lowest BCUT2D eigenvalue weighted by atomic mass is 10.1. The first kappa shape index (κ1) is 25.1. The smallest absolute Gasteiger partial charge is 0.311 e. The number of carbonyl (C=O) groups is 4. The number of benzene rings is 2. The van der Waals surface area contributed by atoms with Gasteiger partial charge in [0.2, 0.25) is 5.91 Å². The number of hydrogen-bond acceptors (Lipinski definition) is 7. The highest BCUT2D eigenvalue weighted by Gasteiger charge is 2.36. The van der Waals surface area contributed by atoms with Crippen molar-refractivity contribution in [3.63, 3.8) is 0 Å². The quantitative estimate of drug-likeness (QED) is 0.524. The number of nitrogens with one attached hydrogen (secondary N) is 2. The summed E-state index contributed by atoms with van der Waals surface area (Å²) in [6, 6.07) is 9.08. The van der Waals surface area contributed by atoms with E-state index in [-0.39, 0.29) is 28.6 Å². The highest BCUT2D eigenvalue weighted by atomic mass is 35.5. The van der Waals surface area contributed by atoms with Crippen LogP contribution < -0.4 is 20.2 Å². The zero-order chi connectivity index (χ0) is 24.8. The third-order valence-electron chi connectivity index (χ3n) is 4.90. The summed E-state index contributed by atoms with van der Waals surface area (Å²) in [7, 11) is 2.94. The van der Waals surface area contributed by atoms with Crippen LogP contribution in [0.4, 0.5) is 5.69 Å². The highest BCUT2D eigenvalue weighted by molar-refractivity contribution is 6.42. The lowest BCUT2D eigenvalue weighted by Gasteiger charge is -2.17. The third-order valence-corrected chi connectivity index (χ3v) is 5.64. The molecule has 1 aliphatic rings. The molecule has 3 rings (SSSR count). The van der Waals surface area contributed by atoms with Gasteiger partial charge in [0.25, 0.3) is 11.8 Å². The Morgan fingerprint density at radius 1 is 1.06 bits per heavy atom. The topological polar surface area (TPSA) is 123 Å². The number of amides is 3. The second kappa shape index (κ2) is 11.1. The Morgan fingerprint density at radius 2 is 1.82 bits per heavy atom. The van der Waals surface area contributed by atoms with Gasteiger partial charge in [0.15, 0.2) is 6.61 Å². The van der Waals surface area contributed by atoms with E-state index in [9.17, 15) is 19.2 Å². The molecule has 1 heterocycles. The van der Waals surface area contributed by atoms with Gasteiger partial charge in [0.1, 0.15) is 11.5 Å². The largest absolute Gasteiger partial charge is 0.497 e. The molecular formula is C22H21Cl2N3O7. The van der Waals surface area contributed by atoms with Crippen molar-refractivity contribution in [2.75, 3.05) is 32.7 Å². The number of ether oxygens (including phenoxy) is 3. The Labute approximate surface area is 205 Å². The molecule has 10 nitrogen and oxygen atoms in total. The zero-order valence-electron chi connectivity index (χ0n) is 18.2. The fourth-order valence-electron chi connectivity index (χ4n) is 3.14. The summed E-state index contributed by atoms with van der Waals surface area (Å²) in [5, 5.41) is 4.08. The van der Waals surface area contributed by atoms with Crippen LogP contribution in [0.15, 0.2) is 36.4 Å². The molecule has 2 aromatic rings. The van der Waals surface area contributed by atoms with Gasteiger partial charge in [0.05, 0.1) is 42.4 Å². The van der Waals surface area contributed by atoms with E-state index in [1.807, 2.05) is 0 Å². The van der Waals surface area contributed by atoms with Crippen LogP contribution in [-0.4, -0.2) is 56.1 Å². The lowest BCUT2D eigenvalue weighted by molar-refractivity contribution is -0.151. The molecule has 0 aromatic heterocycles. The number of nitrogens with zero attached hydrogens (tertiary/aromatic N) is 1. The van der Waals surface area contributed by atoms with Gasteiger partial charge < -0.3 is 19.5 Å². The number of esters is 1. The van der Waals surface area contributed by atoms with Crippen LogP contribution in [-0.2, 0) is 19.1 Å². The molecule has 2 N–H and O–H groups in total. The Morgan fingerprint density at radius 3 is 2.50 bits per heavy atom. The molecule has 1 atom stereocenters. The zero-order valence-corrected chi connectivity index (χ0v) is 19.7. The average molecular weight is 510 g/mol. The van der Waals surface area contributed by atoms with Gasteiger partial charge >= 0.3 is 5.97 Å². The van der Waals surface area contributed by atoms with E-state index in [1.165, 1.54) is 32.4 Å². The molecule has 1 fully saturated rings. The van der Waals surface area contributed by atoms with E-state index < -0.39 is 36.2 Å². The van der Waals surface area contributed by atoms with Crippen LogP contribution in [0.25, 0.3) is 0 Å². The fraction of sp³-hybridized carbons (Fsp3) is 0.273. The summed E-state index contributed by atoms with van der Waals surface area (Å²) in [4.78, 5) is 49.2. The van der Waals surface area contributed by atoms with Crippen LogP contribution in [0.1, 0.15) is 16.8 Å². The molecule has 34 heavy (non-hydrogen) atoms. The molecule has 180 valence electrons. The monoisotopic (exact) mass is 509 g/mol. The van der Waals surface area contributed by atoms with Crippen LogP contribution in [0, 0.1) is 5.92 Å². The predicted octanol–water partition coefficient (Wildman–Crippen LogP) is 2.69. The number of methoxy groups -OCH3 is 2. The SMILES string of the molecule is COc1ccc(NC(=O)COC(=O)[C@H]2CC(=O)N(NC(=O)c3ccc(Cl)c(Cl)c3)C2)c(OC)c1. The van der Waals surface area contributed by atoms with Crippen molar-refractivity contribution in [2.45, 2.75) is 6.42 Å². The summed E-state index contributed by atoms with van der Waals surface area (Å²) in [6.45, 7) is -0.660. The Hall–Kier alpha value is -3.50. The second-order valence-corrected chi connectivity index (χ2v) is 8.01. The highest BCUT2D eigenvalue weighted by Crippen LogP contribution is 2.29. The van der Waals surface area contributed by atoms with Crippen LogP contribution >= 0.6 is 23.2 Å². The Kier molecular flexibility index (Phi) is 8.19. The number of anilines is 1. The maximum atomic E-state index is 12.4. The fourth-order valence-corrected chi connectivity index (χ4v) is 3.44. The molecule has 3 amide bonds. The molecule has 0 radical (unpaired) electrons. The summed E-state index contributed by atoms with van der Waals surface area (Å²) < 4.78 is 15.4. The lowest BCUT2D eigenvalue weighted by Crippen LogP contribution is -2.43. The first-order valence-electron chi connectivity index (χ1n) is 9.96. The molecule has 12 heteroatoms. The second-order valence-electron chi connectivity index (χ2n) is 7.20. The molecule has 1 saturated heterocycles. The maximum absolute atomic E-state index is 12.4. The Balaban J connectivity index is 1.51.